The smallest absolute Gasteiger partial charge is 0.163 e. The number of hydrogen-bond donors (Lipinski definition) is 0. The summed E-state index contributed by atoms with van der Waals surface area (Å²) < 4.78 is 11.3. The molecule has 0 radical (unpaired) electrons. The molecule has 1 fully saturated rings. The lowest BCUT2D eigenvalue weighted by atomic mass is 10.0. The van der Waals surface area contributed by atoms with Gasteiger partial charge in [0, 0.05) is 6.07 Å². The Bertz CT molecular complexity index is 485. The Kier molecular flexibility index (Phi) is 5.66. The van der Waals surface area contributed by atoms with Crippen LogP contribution in [0.15, 0.2) is 12.1 Å². The first kappa shape index (κ1) is 15.9. The lowest BCUT2D eigenvalue weighted by Gasteiger charge is -2.17. The second-order valence-corrected chi connectivity index (χ2v) is 6.04. The van der Waals surface area contributed by atoms with E-state index < -0.39 is 0 Å². The Balaban J connectivity index is 2.06. The molecule has 2 rings (SSSR count). The van der Waals surface area contributed by atoms with E-state index in [0.29, 0.717) is 17.2 Å². The van der Waals surface area contributed by atoms with E-state index in [9.17, 15) is 4.79 Å². The van der Waals surface area contributed by atoms with Gasteiger partial charge < -0.3 is 9.47 Å². The highest BCUT2D eigenvalue weighted by atomic mass is 16.5. The topological polar surface area (TPSA) is 35.5 Å². The molecule has 3 nitrogen and oxygen atoms in total. The minimum atomic E-state index is 0.0275. The van der Waals surface area contributed by atoms with Gasteiger partial charge in [-0.05, 0) is 44.2 Å². The van der Waals surface area contributed by atoms with Crippen molar-refractivity contribution in [1.29, 1.82) is 0 Å². The fraction of sp³-hybridized carbons (Fsp3) is 0.611. The van der Waals surface area contributed by atoms with Crippen molar-refractivity contribution in [1.82, 2.24) is 0 Å². The van der Waals surface area contributed by atoms with Gasteiger partial charge in [-0.25, -0.2) is 0 Å². The molecule has 1 aliphatic rings. The van der Waals surface area contributed by atoms with Crippen molar-refractivity contribution >= 4 is 5.78 Å². The highest BCUT2D eigenvalue weighted by Gasteiger charge is 2.16. The van der Waals surface area contributed by atoms with Gasteiger partial charge in [-0.15, -0.1) is 0 Å². The van der Waals surface area contributed by atoms with Crippen LogP contribution in [-0.4, -0.2) is 19.5 Å². The van der Waals surface area contributed by atoms with Crippen LogP contribution in [0, 0.1) is 12.8 Å². The second kappa shape index (κ2) is 7.48. The lowest BCUT2D eigenvalue weighted by Crippen LogP contribution is -2.12. The average Bonchev–Trinajstić information content (AvgIpc) is 2.72. The van der Waals surface area contributed by atoms with Crippen LogP contribution in [0.2, 0.25) is 0 Å². The van der Waals surface area contributed by atoms with Crippen molar-refractivity contribution < 1.29 is 14.3 Å². The second-order valence-electron chi connectivity index (χ2n) is 6.04. The van der Waals surface area contributed by atoms with E-state index in [0.717, 1.165) is 17.9 Å². The van der Waals surface area contributed by atoms with Crippen LogP contribution < -0.4 is 9.47 Å². The van der Waals surface area contributed by atoms with E-state index in [1.165, 1.54) is 38.5 Å². The predicted molar refractivity (Wildman–Crippen MR) is 84.4 cm³/mol. The molecular formula is C18H26O3. The number of methoxy groups -OCH3 is 1. The minimum absolute atomic E-state index is 0.0275. The molecule has 0 unspecified atom stereocenters. The molecule has 1 aromatic rings. The van der Waals surface area contributed by atoms with Gasteiger partial charge in [-0.1, -0.05) is 25.7 Å². The lowest BCUT2D eigenvalue weighted by molar-refractivity contribution is 0.101. The van der Waals surface area contributed by atoms with Gasteiger partial charge in [0.25, 0.3) is 0 Å². The molecule has 0 atom stereocenters. The fourth-order valence-corrected chi connectivity index (χ4v) is 3.16. The summed E-state index contributed by atoms with van der Waals surface area (Å²) in [5.41, 5.74) is 1.57. The van der Waals surface area contributed by atoms with Crippen LogP contribution in [0.3, 0.4) is 0 Å². The zero-order chi connectivity index (χ0) is 15.2. The monoisotopic (exact) mass is 290 g/mol. The van der Waals surface area contributed by atoms with Crippen LogP contribution >= 0.6 is 0 Å². The summed E-state index contributed by atoms with van der Waals surface area (Å²) in [6, 6.07) is 3.77. The highest BCUT2D eigenvalue weighted by Crippen LogP contribution is 2.30. The molecule has 1 aliphatic carbocycles. The first-order chi connectivity index (χ1) is 10.1. The summed E-state index contributed by atoms with van der Waals surface area (Å²) in [6.45, 7) is 4.26. The number of carbonyl (C=O) groups excluding carboxylic acids is 1. The Morgan fingerprint density at radius 2 is 1.86 bits per heavy atom. The summed E-state index contributed by atoms with van der Waals surface area (Å²) in [4.78, 5) is 11.7. The summed E-state index contributed by atoms with van der Waals surface area (Å²) in [5.74, 6) is 2.10. The first-order valence-corrected chi connectivity index (χ1v) is 7.94. The molecule has 0 bridgehead atoms. The molecule has 3 heteroatoms. The quantitative estimate of drug-likeness (QED) is 0.589. The molecule has 0 amide bonds. The SMILES string of the molecule is COc1cc(OCC2CCCCCC2)cc(C)c1C(C)=O. The largest absolute Gasteiger partial charge is 0.496 e. The molecule has 116 valence electrons. The van der Waals surface area contributed by atoms with Gasteiger partial charge in [-0.3, -0.25) is 4.79 Å². The van der Waals surface area contributed by atoms with Crippen molar-refractivity contribution in [2.24, 2.45) is 5.92 Å². The average molecular weight is 290 g/mol. The number of aryl methyl sites for hydroxylation is 1. The number of hydrogen-bond acceptors (Lipinski definition) is 3. The zero-order valence-corrected chi connectivity index (χ0v) is 13.4. The number of rotatable bonds is 5. The van der Waals surface area contributed by atoms with Gasteiger partial charge in [0.15, 0.2) is 5.78 Å². The van der Waals surface area contributed by atoms with Crippen molar-refractivity contribution in [3.63, 3.8) is 0 Å². The number of ether oxygens (including phenoxy) is 2. The van der Waals surface area contributed by atoms with E-state index in [-0.39, 0.29) is 5.78 Å². The number of Topliss-reactive ketones (excluding diaryl/α,β-unsaturated/α-hetero) is 1. The summed E-state index contributed by atoms with van der Waals surface area (Å²) >= 11 is 0. The maximum Gasteiger partial charge on any atom is 0.163 e. The highest BCUT2D eigenvalue weighted by molar-refractivity contribution is 5.98. The molecule has 0 aromatic heterocycles. The predicted octanol–water partition coefficient (Wildman–Crippen LogP) is 4.56. The molecule has 1 aromatic carbocycles. The van der Waals surface area contributed by atoms with E-state index in [4.69, 9.17) is 9.47 Å². The zero-order valence-electron chi connectivity index (χ0n) is 13.4. The number of carbonyl (C=O) groups is 1. The molecule has 0 heterocycles. The molecule has 1 saturated carbocycles. The van der Waals surface area contributed by atoms with Crippen LogP contribution in [0.4, 0.5) is 0 Å². The van der Waals surface area contributed by atoms with Gasteiger partial charge in [0.05, 0.1) is 19.3 Å². The molecule has 0 spiro atoms. The standard InChI is InChI=1S/C18H26O3/c1-13-10-16(11-17(20-3)18(13)14(2)19)21-12-15-8-6-4-5-7-9-15/h10-11,15H,4-9,12H2,1-3H3. The van der Waals surface area contributed by atoms with Gasteiger partial charge >= 0.3 is 0 Å². The van der Waals surface area contributed by atoms with E-state index >= 15 is 0 Å². The normalized spacial score (nSPS) is 16.3. The molecule has 0 N–H and O–H groups in total. The van der Waals surface area contributed by atoms with Gasteiger partial charge in [0.2, 0.25) is 0 Å². The Labute approximate surface area is 127 Å². The third-order valence-corrected chi connectivity index (χ3v) is 4.31. The Morgan fingerprint density at radius 1 is 1.19 bits per heavy atom. The van der Waals surface area contributed by atoms with Gasteiger partial charge in [0.1, 0.15) is 11.5 Å². The maximum atomic E-state index is 11.7. The van der Waals surface area contributed by atoms with E-state index in [2.05, 4.69) is 0 Å². The van der Waals surface area contributed by atoms with Crippen molar-refractivity contribution in [2.45, 2.75) is 52.4 Å². The molecule has 21 heavy (non-hydrogen) atoms. The van der Waals surface area contributed by atoms with E-state index in [1.807, 2.05) is 19.1 Å². The molecule has 0 aliphatic heterocycles. The summed E-state index contributed by atoms with van der Waals surface area (Å²) in [6.07, 6.45) is 7.88. The van der Waals surface area contributed by atoms with E-state index in [1.54, 1.807) is 14.0 Å². The maximum absolute atomic E-state index is 11.7. The van der Waals surface area contributed by atoms with Crippen LogP contribution in [0.25, 0.3) is 0 Å². The minimum Gasteiger partial charge on any atom is -0.496 e. The van der Waals surface area contributed by atoms with Crippen LogP contribution in [0.5, 0.6) is 11.5 Å². The third kappa shape index (κ3) is 4.23. The fourth-order valence-electron chi connectivity index (χ4n) is 3.16. The van der Waals surface area contributed by atoms with Crippen LogP contribution in [0.1, 0.15) is 61.4 Å². The van der Waals surface area contributed by atoms with Gasteiger partial charge in [-0.2, -0.15) is 0 Å². The Morgan fingerprint density at radius 3 is 2.43 bits per heavy atom. The van der Waals surface area contributed by atoms with Crippen molar-refractivity contribution in [3.05, 3.63) is 23.3 Å². The Hall–Kier alpha value is -1.51. The summed E-state index contributed by atoms with van der Waals surface area (Å²) in [7, 11) is 1.59. The molecule has 0 saturated heterocycles. The van der Waals surface area contributed by atoms with Crippen LogP contribution in [-0.2, 0) is 0 Å². The third-order valence-electron chi connectivity index (χ3n) is 4.31. The van der Waals surface area contributed by atoms with Crippen molar-refractivity contribution in [2.75, 3.05) is 13.7 Å². The first-order valence-electron chi connectivity index (χ1n) is 7.94. The number of ketones is 1. The van der Waals surface area contributed by atoms with Crippen molar-refractivity contribution in [3.8, 4) is 11.5 Å². The number of benzene rings is 1. The molecular weight excluding hydrogens is 264 g/mol. The summed E-state index contributed by atoms with van der Waals surface area (Å²) in [5, 5.41) is 0.